The van der Waals surface area contributed by atoms with E-state index in [1.165, 1.54) is 4.90 Å². The fraction of sp³-hybridized carbons (Fsp3) is 0.364. The van der Waals surface area contributed by atoms with Crippen molar-refractivity contribution in [3.05, 3.63) is 47.3 Å². The number of benzene rings is 1. The van der Waals surface area contributed by atoms with E-state index in [2.05, 4.69) is 10.3 Å². The van der Waals surface area contributed by atoms with Crippen LogP contribution < -0.4 is 15.0 Å². The van der Waals surface area contributed by atoms with Crippen LogP contribution in [-0.4, -0.2) is 61.3 Å². The fourth-order valence-electron chi connectivity index (χ4n) is 3.83. The lowest BCUT2D eigenvalue weighted by Crippen LogP contribution is -2.42. The van der Waals surface area contributed by atoms with Gasteiger partial charge in [-0.25, -0.2) is 8.78 Å². The van der Waals surface area contributed by atoms with Gasteiger partial charge in [0.25, 0.3) is 11.8 Å². The van der Waals surface area contributed by atoms with Crippen LogP contribution in [0, 0.1) is 0 Å². The van der Waals surface area contributed by atoms with Crippen molar-refractivity contribution in [2.24, 2.45) is 0 Å². The normalized spacial score (nSPS) is 17.9. The number of aromatic amines is 1. The first-order valence-electron chi connectivity index (χ1n) is 10.2. The summed E-state index contributed by atoms with van der Waals surface area (Å²) in [7, 11) is 1.77. The minimum atomic E-state index is -2.71. The number of piperidine rings is 1. The molecule has 0 atom stereocenters. The lowest BCUT2D eigenvalue weighted by Gasteiger charge is -2.31. The zero-order chi connectivity index (χ0) is 22.0. The van der Waals surface area contributed by atoms with Gasteiger partial charge in [-0.3, -0.25) is 9.59 Å². The predicted molar refractivity (Wildman–Crippen MR) is 113 cm³/mol. The Kier molecular flexibility index (Phi) is 5.67. The standard InChI is InChI=1S/C22H24F2N4O3/c1-25-7-4-15-12-17(3-2-16(15)14-29)28-10-11-31-19-13-18(26-20(19)28)21(30)27-8-5-22(23,24)6-9-27/h2-4,7,12-14,25-26H,5-6,8-11H2,1H3/b7-4-. The minimum Gasteiger partial charge on any atom is -0.488 e. The highest BCUT2D eigenvalue weighted by Crippen LogP contribution is 2.38. The number of hydrogen-bond donors (Lipinski definition) is 2. The molecule has 3 heterocycles. The van der Waals surface area contributed by atoms with Gasteiger partial charge in [0.1, 0.15) is 12.3 Å². The van der Waals surface area contributed by atoms with Crippen LogP contribution in [0.15, 0.2) is 30.5 Å². The van der Waals surface area contributed by atoms with Crippen molar-refractivity contribution in [1.29, 1.82) is 0 Å². The highest BCUT2D eigenvalue weighted by Gasteiger charge is 2.36. The molecule has 0 radical (unpaired) electrons. The number of anilines is 2. The van der Waals surface area contributed by atoms with Crippen molar-refractivity contribution in [3.63, 3.8) is 0 Å². The number of rotatable bonds is 5. The van der Waals surface area contributed by atoms with Gasteiger partial charge in [0.15, 0.2) is 17.9 Å². The summed E-state index contributed by atoms with van der Waals surface area (Å²) in [4.78, 5) is 30.7. The summed E-state index contributed by atoms with van der Waals surface area (Å²) in [5.74, 6) is -1.87. The van der Waals surface area contributed by atoms with Gasteiger partial charge in [-0.05, 0) is 36.0 Å². The van der Waals surface area contributed by atoms with E-state index in [-0.39, 0.29) is 31.8 Å². The van der Waals surface area contributed by atoms with Crippen molar-refractivity contribution in [1.82, 2.24) is 15.2 Å². The SMILES string of the molecule is CN/C=C\c1cc(N2CCOc3cc(C(=O)N4CCC(F)(F)CC4)[nH]c32)ccc1C=O. The van der Waals surface area contributed by atoms with Crippen molar-refractivity contribution in [2.45, 2.75) is 18.8 Å². The van der Waals surface area contributed by atoms with E-state index in [9.17, 15) is 18.4 Å². The van der Waals surface area contributed by atoms with Crippen molar-refractivity contribution in [2.75, 3.05) is 38.2 Å². The first kappa shape index (κ1) is 20.9. The van der Waals surface area contributed by atoms with Crippen LogP contribution in [0.5, 0.6) is 5.75 Å². The van der Waals surface area contributed by atoms with Gasteiger partial charge in [0.2, 0.25) is 0 Å². The molecule has 2 aliphatic heterocycles. The monoisotopic (exact) mass is 430 g/mol. The minimum absolute atomic E-state index is 0.0222. The average molecular weight is 430 g/mol. The highest BCUT2D eigenvalue weighted by atomic mass is 19.3. The molecule has 1 saturated heterocycles. The maximum absolute atomic E-state index is 13.4. The van der Waals surface area contributed by atoms with Crippen molar-refractivity contribution in [3.8, 4) is 5.75 Å². The number of amides is 1. The fourth-order valence-corrected chi connectivity index (χ4v) is 3.83. The summed E-state index contributed by atoms with van der Waals surface area (Å²) >= 11 is 0. The van der Waals surface area contributed by atoms with Crippen molar-refractivity contribution >= 4 is 29.8 Å². The molecule has 9 heteroatoms. The smallest absolute Gasteiger partial charge is 0.270 e. The number of likely N-dealkylation sites (tertiary alicyclic amines) is 1. The van der Waals surface area contributed by atoms with E-state index < -0.39 is 5.92 Å². The third kappa shape index (κ3) is 4.26. The van der Waals surface area contributed by atoms with Gasteiger partial charge in [-0.15, -0.1) is 0 Å². The van der Waals surface area contributed by atoms with Gasteiger partial charge in [-0.1, -0.05) is 0 Å². The van der Waals surface area contributed by atoms with E-state index in [4.69, 9.17) is 4.74 Å². The Morgan fingerprint density at radius 2 is 1.97 bits per heavy atom. The second-order valence-electron chi connectivity index (χ2n) is 7.60. The molecule has 164 valence electrons. The van der Waals surface area contributed by atoms with Crippen LogP contribution in [0.1, 0.15) is 39.3 Å². The van der Waals surface area contributed by atoms with Gasteiger partial charge in [0, 0.05) is 50.3 Å². The molecule has 2 N–H and O–H groups in total. The molecule has 2 aliphatic rings. The Morgan fingerprint density at radius 1 is 1.19 bits per heavy atom. The molecule has 7 nitrogen and oxygen atoms in total. The number of carbonyl (C=O) groups excluding carboxylic acids is 2. The summed E-state index contributed by atoms with van der Waals surface area (Å²) in [6.07, 6.45) is 3.70. The van der Waals surface area contributed by atoms with Crippen LogP contribution in [0.2, 0.25) is 0 Å². The molecule has 31 heavy (non-hydrogen) atoms. The quantitative estimate of drug-likeness (QED) is 0.711. The Balaban J connectivity index is 1.61. The number of nitrogens with one attached hydrogen (secondary N) is 2. The van der Waals surface area contributed by atoms with E-state index in [1.54, 1.807) is 25.4 Å². The molecule has 1 amide bonds. The highest BCUT2D eigenvalue weighted by molar-refractivity contribution is 5.95. The summed E-state index contributed by atoms with van der Waals surface area (Å²) in [6, 6.07) is 7.10. The van der Waals surface area contributed by atoms with Crippen LogP contribution in [0.3, 0.4) is 0 Å². The van der Waals surface area contributed by atoms with Crippen LogP contribution in [-0.2, 0) is 0 Å². The number of nitrogens with zero attached hydrogens (tertiary/aromatic N) is 2. The molecule has 1 aromatic carbocycles. The number of halogens is 2. The molecule has 2 aromatic rings. The lowest BCUT2D eigenvalue weighted by molar-refractivity contribution is -0.0495. The number of carbonyl (C=O) groups is 2. The second kappa shape index (κ2) is 8.41. The topological polar surface area (TPSA) is 77.7 Å². The van der Waals surface area contributed by atoms with Gasteiger partial charge < -0.3 is 24.8 Å². The summed E-state index contributed by atoms with van der Waals surface area (Å²) < 4.78 is 32.6. The number of ether oxygens (including phenoxy) is 1. The average Bonchev–Trinajstić information content (AvgIpc) is 3.21. The Hall–Kier alpha value is -3.36. The summed E-state index contributed by atoms with van der Waals surface area (Å²) in [6.45, 7) is 1.01. The molecule has 1 aromatic heterocycles. The molecule has 0 bridgehead atoms. The zero-order valence-electron chi connectivity index (χ0n) is 17.2. The molecule has 0 spiro atoms. The van der Waals surface area contributed by atoms with E-state index in [0.717, 1.165) is 17.5 Å². The zero-order valence-corrected chi connectivity index (χ0v) is 17.2. The molecular weight excluding hydrogens is 406 g/mol. The number of aldehydes is 1. The predicted octanol–water partition coefficient (Wildman–Crippen LogP) is 3.42. The van der Waals surface area contributed by atoms with Crippen LogP contribution in [0.4, 0.5) is 20.3 Å². The molecule has 0 aliphatic carbocycles. The second-order valence-corrected chi connectivity index (χ2v) is 7.60. The molecular formula is C22H24F2N4O3. The third-order valence-corrected chi connectivity index (χ3v) is 5.56. The molecule has 4 rings (SSSR count). The van der Waals surface area contributed by atoms with Gasteiger partial charge >= 0.3 is 0 Å². The maximum Gasteiger partial charge on any atom is 0.270 e. The van der Waals surface area contributed by atoms with Gasteiger partial charge in [-0.2, -0.15) is 0 Å². The largest absolute Gasteiger partial charge is 0.488 e. The first-order chi connectivity index (χ1) is 14.9. The maximum atomic E-state index is 13.4. The molecule has 0 saturated carbocycles. The lowest BCUT2D eigenvalue weighted by atomic mass is 10.1. The Bertz CT molecular complexity index is 1010. The molecule has 1 fully saturated rings. The number of alkyl halides is 2. The third-order valence-electron chi connectivity index (χ3n) is 5.56. The Morgan fingerprint density at radius 3 is 2.68 bits per heavy atom. The van der Waals surface area contributed by atoms with Crippen molar-refractivity contribution < 1.29 is 23.1 Å². The summed E-state index contributed by atoms with van der Waals surface area (Å²) in [5.41, 5.74) is 2.46. The summed E-state index contributed by atoms with van der Waals surface area (Å²) in [5, 5.41) is 2.91. The van der Waals surface area contributed by atoms with E-state index in [1.807, 2.05) is 23.1 Å². The van der Waals surface area contributed by atoms with Gasteiger partial charge in [0.05, 0.1) is 6.54 Å². The Labute approximate surface area is 178 Å². The first-order valence-corrected chi connectivity index (χ1v) is 10.2. The van der Waals surface area contributed by atoms with E-state index >= 15 is 0 Å². The number of aromatic nitrogens is 1. The molecule has 0 unspecified atom stereocenters. The van der Waals surface area contributed by atoms with E-state index in [0.29, 0.717) is 36.0 Å². The number of H-pyrrole nitrogens is 1. The van der Waals surface area contributed by atoms with Crippen LogP contribution in [0.25, 0.3) is 6.08 Å². The number of hydrogen-bond acceptors (Lipinski definition) is 5. The number of fused-ring (bicyclic) bond motifs is 1. The van der Waals surface area contributed by atoms with Crippen LogP contribution >= 0.6 is 0 Å².